The van der Waals surface area contributed by atoms with Crippen molar-refractivity contribution in [1.82, 2.24) is 10.2 Å². The second-order valence-electron chi connectivity index (χ2n) is 4.52. The van der Waals surface area contributed by atoms with Crippen molar-refractivity contribution < 1.29 is 9.53 Å². The lowest BCUT2D eigenvalue weighted by atomic mass is 10.1. The number of Topliss-reactive ketones (excluding diaryl/α,β-unsaturated/α-hetero) is 1. The average molecular weight is 232 g/mol. The summed E-state index contributed by atoms with van der Waals surface area (Å²) in [4.78, 5) is 14.4. The normalized spacial score (nSPS) is 24.5. The van der Waals surface area contributed by atoms with Crippen LogP contribution in [-0.4, -0.2) is 49.5 Å². The predicted octanol–water partition coefficient (Wildman–Crippen LogP) is 0.535. The van der Waals surface area contributed by atoms with E-state index in [4.69, 9.17) is 4.74 Å². The molecule has 2 heterocycles. The van der Waals surface area contributed by atoms with E-state index in [1.54, 1.807) is 0 Å². The van der Waals surface area contributed by atoms with E-state index in [1.807, 2.05) is 24.3 Å². The molecule has 3 rings (SSSR count). The summed E-state index contributed by atoms with van der Waals surface area (Å²) in [7, 11) is 0. The maximum atomic E-state index is 12.1. The molecule has 0 radical (unpaired) electrons. The summed E-state index contributed by atoms with van der Waals surface area (Å²) in [5.74, 6) is 0.858. The van der Waals surface area contributed by atoms with Crippen molar-refractivity contribution in [3.63, 3.8) is 0 Å². The quantitative estimate of drug-likeness (QED) is 0.808. The molecule has 1 aromatic rings. The maximum Gasteiger partial charge on any atom is 0.208 e. The van der Waals surface area contributed by atoms with Gasteiger partial charge in [0.05, 0.1) is 5.56 Å². The van der Waals surface area contributed by atoms with Crippen molar-refractivity contribution >= 4 is 5.78 Å². The third-order valence-electron chi connectivity index (χ3n) is 3.35. The smallest absolute Gasteiger partial charge is 0.208 e. The molecule has 4 heteroatoms. The molecule has 1 N–H and O–H groups in total. The number of piperazine rings is 1. The summed E-state index contributed by atoms with van der Waals surface area (Å²) in [6.45, 7) is 4.67. The molecule has 90 valence electrons. The summed E-state index contributed by atoms with van der Waals surface area (Å²) < 4.78 is 5.71. The zero-order chi connectivity index (χ0) is 11.7. The van der Waals surface area contributed by atoms with Gasteiger partial charge in [-0.05, 0) is 12.1 Å². The number of hydrogen-bond donors (Lipinski definition) is 1. The minimum Gasteiger partial charge on any atom is -0.480 e. The van der Waals surface area contributed by atoms with Gasteiger partial charge in [-0.15, -0.1) is 0 Å². The molecule has 1 atom stereocenters. The number of para-hydroxylation sites is 1. The molecule has 0 saturated carbocycles. The molecule has 0 aliphatic carbocycles. The summed E-state index contributed by atoms with van der Waals surface area (Å²) in [5, 5.41) is 3.30. The van der Waals surface area contributed by atoms with Crippen LogP contribution in [0.25, 0.3) is 0 Å². The minimum absolute atomic E-state index is 0.124. The first kappa shape index (κ1) is 10.7. The zero-order valence-corrected chi connectivity index (χ0v) is 9.69. The fourth-order valence-corrected chi connectivity index (χ4v) is 2.40. The molecule has 2 aliphatic heterocycles. The summed E-state index contributed by atoms with van der Waals surface area (Å²) >= 11 is 0. The number of carbonyl (C=O) groups is 1. The van der Waals surface area contributed by atoms with E-state index in [1.165, 1.54) is 0 Å². The highest BCUT2D eigenvalue weighted by Gasteiger charge is 2.33. The van der Waals surface area contributed by atoms with Crippen LogP contribution >= 0.6 is 0 Å². The van der Waals surface area contributed by atoms with Gasteiger partial charge in [-0.3, -0.25) is 9.69 Å². The van der Waals surface area contributed by atoms with Crippen LogP contribution in [0, 0.1) is 0 Å². The molecule has 1 aromatic carbocycles. The lowest BCUT2D eigenvalue weighted by Crippen LogP contribution is -2.48. The molecule has 2 aliphatic rings. The molecule has 17 heavy (non-hydrogen) atoms. The Morgan fingerprint density at radius 3 is 2.82 bits per heavy atom. The van der Waals surface area contributed by atoms with E-state index >= 15 is 0 Å². The van der Waals surface area contributed by atoms with Crippen LogP contribution in [0.1, 0.15) is 10.4 Å². The van der Waals surface area contributed by atoms with Crippen LogP contribution < -0.4 is 10.1 Å². The van der Waals surface area contributed by atoms with Crippen LogP contribution in [0.15, 0.2) is 24.3 Å². The second-order valence-corrected chi connectivity index (χ2v) is 4.52. The lowest BCUT2D eigenvalue weighted by molar-refractivity contribution is 0.0769. The lowest BCUT2D eigenvalue weighted by Gasteiger charge is -2.28. The molecule has 0 bridgehead atoms. The van der Waals surface area contributed by atoms with Gasteiger partial charge in [0.2, 0.25) is 5.78 Å². The number of rotatable bonds is 2. The van der Waals surface area contributed by atoms with Crippen LogP contribution in [0.4, 0.5) is 0 Å². The van der Waals surface area contributed by atoms with Gasteiger partial charge in [-0.25, -0.2) is 0 Å². The highest BCUT2D eigenvalue weighted by molar-refractivity contribution is 6.04. The van der Waals surface area contributed by atoms with Crippen molar-refractivity contribution in [3.8, 4) is 5.75 Å². The Bertz CT molecular complexity index is 427. The molecule has 0 aromatic heterocycles. The third-order valence-corrected chi connectivity index (χ3v) is 3.35. The average Bonchev–Trinajstić information content (AvgIpc) is 2.68. The topological polar surface area (TPSA) is 41.6 Å². The molecular weight excluding hydrogens is 216 g/mol. The standard InChI is InChI=1S/C13H16N2O2/c16-13-10-3-1-2-4-11(10)17-12(13)9-15-7-5-14-6-8-15/h1-4,12,14H,5-9H2. The van der Waals surface area contributed by atoms with E-state index in [0.717, 1.165) is 37.5 Å². The number of ether oxygens (including phenoxy) is 1. The fourth-order valence-electron chi connectivity index (χ4n) is 2.40. The molecule has 4 nitrogen and oxygen atoms in total. The number of ketones is 1. The first-order valence-electron chi connectivity index (χ1n) is 6.07. The number of fused-ring (bicyclic) bond motifs is 1. The summed E-state index contributed by atoms with van der Waals surface area (Å²) in [5.41, 5.74) is 0.729. The van der Waals surface area contributed by atoms with Crippen LogP contribution in [0.5, 0.6) is 5.75 Å². The van der Waals surface area contributed by atoms with Gasteiger partial charge in [0, 0.05) is 32.7 Å². The monoisotopic (exact) mass is 232 g/mol. The first-order chi connectivity index (χ1) is 8.34. The maximum absolute atomic E-state index is 12.1. The van der Waals surface area contributed by atoms with Crippen molar-refractivity contribution in [2.24, 2.45) is 0 Å². The fraction of sp³-hybridized carbons (Fsp3) is 0.462. The Morgan fingerprint density at radius 1 is 1.29 bits per heavy atom. The highest BCUT2D eigenvalue weighted by Crippen LogP contribution is 2.28. The van der Waals surface area contributed by atoms with Crippen LogP contribution in [0.2, 0.25) is 0 Å². The Kier molecular flexibility index (Phi) is 2.82. The Morgan fingerprint density at radius 2 is 2.06 bits per heavy atom. The number of nitrogens with zero attached hydrogens (tertiary/aromatic N) is 1. The summed E-state index contributed by atoms with van der Waals surface area (Å²) in [6.07, 6.45) is -0.314. The number of nitrogens with one attached hydrogen (secondary N) is 1. The SMILES string of the molecule is O=C1c2ccccc2OC1CN1CCNCC1. The zero-order valence-electron chi connectivity index (χ0n) is 9.69. The van der Waals surface area contributed by atoms with Gasteiger partial charge >= 0.3 is 0 Å². The molecule has 1 unspecified atom stereocenters. The van der Waals surface area contributed by atoms with E-state index in [2.05, 4.69) is 10.2 Å². The third kappa shape index (κ3) is 2.06. The largest absolute Gasteiger partial charge is 0.480 e. The number of benzene rings is 1. The van der Waals surface area contributed by atoms with Crippen molar-refractivity contribution in [1.29, 1.82) is 0 Å². The van der Waals surface area contributed by atoms with Crippen LogP contribution in [-0.2, 0) is 0 Å². The molecule has 0 amide bonds. The highest BCUT2D eigenvalue weighted by atomic mass is 16.5. The van der Waals surface area contributed by atoms with E-state index < -0.39 is 0 Å². The van der Waals surface area contributed by atoms with Gasteiger partial charge in [0.1, 0.15) is 5.75 Å². The van der Waals surface area contributed by atoms with Gasteiger partial charge < -0.3 is 10.1 Å². The number of hydrogen-bond acceptors (Lipinski definition) is 4. The molecule has 1 saturated heterocycles. The van der Waals surface area contributed by atoms with E-state index in [-0.39, 0.29) is 11.9 Å². The predicted molar refractivity (Wildman–Crippen MR) is 64.5 cm³/mol. The van der Waals surface area contributed by atoms with Crippen molar-refractivity contribution in [2.75, 3.05) is 32.7 Å². The molecule has 0 spiro atoms. The first-order valence-corrected chi connectivity index (χ1v) is 6.07. The van der Waals surface area contributed by atoms with Crippen LogP contribution in [0.3, 0.4) is 0 Å². The molecule has 1 fully saturated rings. The second kappa shape index (κ2) is 4.47. The van der Waals surface area contributed by atoms with Gasteiger partial charge in [-0.1, -0.05) is 12.1 Å². The van der Waals surface area contributed by atoms with E-state index in [9.17, 15) is 4.79 Å². The number of carbonyl (C=O) groups excluding carboxylic acids is 1. The van der Waals surface area contributed by atoms with Crippen molar-refractivity contribution in [3.05, 3.63) is 29.8 Å². The minimum atomic E-state index is -0.314. The Balaban J connectivity index is 1.69. The Labute approximate surface area is 101 Å². The summed E-state index contributed by atoms with van der Waals surface area (Å²) in [6, 6.07) is 7.49. The molecular formula is C13H16N2O2. The van der Waals surface area contributed by atoms with Crippen molar-refractivity contribution in [2.45, 2.75) is 6.10 Å². The van der Waals surface area contributed by atoms with Gasteiger partial charge in [-0.2, -0.15) is 0 Å². The van der Waals surface area contributed by atoms with Gasteiger partial charge in [0.25, 0.3) is 0 Å². The van der Waals surface area contributed by atoms with Gasteiger partial charge in [0.15, 0.2) is 6.10 Å². The van der Waals surface area contributed by atoms with E-state index in [0.29, 0.717) is 6.54 Å². The Hall–Kier alpha value is -1.39.